The molecular formula is C11H14N2OS. The Bertz CT molecular complexity index is 419. The minimum absolute atomic E-state index is 0.129. The van der Waals surface area contributed by atoms with E-state index in [9.17, 15) is 0 Å². The zero-order valence-corrected chi connectivity index (χ0v) is 9.62. The second-order valence-corrected chi connectivity index (χ2v) is 4.60. The normalized spacial score (nSPS) is 15.1. The molecule has 2 N–H and O–H groups in total. The first kappa shape index (κ1) is 10.4. The van der Waals surface area contributed by atoms with Gasteiger partial charge in [0.25, 0.3) is 0 Å². The first-order valence-corrected chi connectivity index (χ1v) is 5.80. The number of nitrogens with two attached hydrogens (primary N) is 1. The van der Waals surface area contributed by atoms with Crippen molar-refractivity contribution in [3.63, 3.8) is 0 Å². The van der Waals surface area contributed by atoms with Crippen LogP contribution in [0.4, 0.5) is 0 Å². The van der Waals surface area contributed by atoms with Crippen LogP contribution in [0.25, 0.3) is 10.6 Å². The quantitative estimate of drug-likeness (QED) is 0.868. The highest BCUT2D eigenvalue weighted by Gasteiger charge is 2.14. The zero-order chi connectivity index (χ0) is 10.8. The van der Waals surface area contributed by atoms with E-state index in [1.807, 2.05) is 13.0 Å². The highest BCUT2D eigenvalue weighted by molar-refractivity contribution is 7.13. The Kier molecular flexibility index (Phi) is 2.88. The molecule has 80 valence electrons. The summed E-state index contributed by atoms with van der Waals surface area (Å²) in [6.07, 6.45) is 3.37. The van der Waals surface area contributed by atoms with E-state index in [4.69, 9.17) is 10.2 Å². The summed E-state index contributed by atoms with van der Waals surface area (Å²) in [5.41, 5.74) is 7.93. The van der Waals surface area contributed by atoms with E-state index in [-0.39, 0.29) is 6.04 Å². The van der Waals surface area contributed by atoms with E-state index in [0.717, 1.165) is 16.3 Å². The van der Waals surface area contributed by atoms with Gasteiger partial charge < -0.3 is 10.2 Å². The van der Waals surface area contributed by atoms with E-state index in [2.05, 4.69) is 17.3 Å². The van der Waals surface area contributed by atoms with Gasteiger partial charge in [0.2, 0.25) is 0 Å². The van der Waals surface area contributed by atoms with Gasteiger partial charge in [0.15, 0.2) is 0 Å². The summed E-state index contributed by atoms with van der Waals surface area (Å²) < 4.78 is 5.03. The minimum Gasteiger partial charge on any atom is -0.472 e. The molecule has 0 aliphatic carbocycles. The molecule has 0 aliphatic heterocycles. The predicted molar refractivity (Wildman–Crippen MR) is 61.9 cm³/mol. The summed E-state index contributed by atoms with van der Waals surface area (Å²) in [5, 5.41) is 3.06. The standard InChI is InChI=1S/C11H14N2OS/c1-7(8(2)12)10-6-15-11(13-10)9-3-4-14-5-9/h3-8H,12H2,1-2H3. The summed E-state index contributed by atoms with van der Waals surface area (Å²) in [6.45, 7) is 4.10. The molecule has 2 aromatic heterocycles. The summed E-state index contributed by atoms with van der Waals surface area (Å²) >= 11 is 1.63. The molecule has 0 spiro atoms. The third kappa shape index (κ3) is 2.11. The summed E-state index contributed by atoms with van der Waals surface area (Å²) in [5.74, 6) is 0.293. The molecule has 4 heteroatoms. The topological polar surface area (TPSA) is 52.0 Å². The number of hydrogen-bond donors (Lipinski definition) is 1. The second-order valence-electron chi connectivity index (χ2n) is 3.74. The molecular weight excluding hydrogens is 208 g/mol. The van der Waals surface area contributed by atoms with E-state index < -0.39 is 0 Å². The first-order valence-electron chi connectivity index (χ1n) is 4.92. The van der Waals surface area contributed by atoms with Crippen molar-refractivity contribution >= 4 is 11.3 Å². The van der Waals surface area contributed by atoms with Crippen molar-refractivity contribution in [2.45, 2.75) is 25.8 Å². The maximum atomic E-state index is 5.84. The fourth-order valence-electron chi connectivity index (χ4n) is 1.28. The van der Waals surface area contributed by atoms with Gasteiger partial charge in [-0.2, -0.15) is 0 Å². The fourth-order valence-corrected chi connectivity index (χ4v) is 2.19. The minimum atomic E-state index is 0.129. The van der Waals surface area contributed by atoms with Crippen molar-refractivity contribution < 1.29 is 4.42 Å². The molecule has 0 saturated carbocycles. The number of rotatable bonds is 3. The highest BCUT2D eigenvalue weighted by atomic mass is 32.1. The van der Waals surface area contributed by atoms with Gasteiger partial charge in [-0.25, -0.2) is 4.98 Å². The summed E-state index contributed by atoms with van der Waals surface area (Å²) in [4.78, 5) is 4.55. The van der Waals surface area contributed by atoms with Crippen LogP contribution in [0.3, 0.4) is 0 Å². The first-order chi connectivity index (χ1) is 7.18. The lowest BCUT2D eigenvalue weighted by molar-refractivity contribution is 0.568. The van der Waals surface area contributed by atoms with Gasteiger partial charge in [-0.05, 0) is 13.0 Å². The monoisotopic (exact) mass is 222 g/mol. The van der Waals surface area contributed by atoms with Gasteiger partial charge in [-0.1, -0.05) is 6.92 Å². The van der Waals surface area contributed by atoms with Crippen LogP contribution in [-0.2, 0) is 0 Å². The third-order valence-electron chi connectivity index (χ3n) is 2.55. The highest BCUT2D eigenvalue weighted by Crippen LogP contribution is 2.27. The Hall–Kier alpha value is -1.13. The van der Waals surface area contributed by atoms with Crippen LogP contribution in [0.15, 0.2) is 28.4 Å². The van der Waals surface area contributed by atoms with Crippen LogP contribution in [0.5, 0.6) is 0 Å². The second kappa shape index (κ2) is 4.16. The molecule has 3 nitrogen and oxygen atoms in total. The maximum Gasteiger partial charge on any atom is 0.126 e. The van der Waals surface area contributed by atoms with E-state index in [1.54, 1.807) is 23.9 Å². The van der Waals surface area contributed by atoms with Crippen LogP contribution in [0.1, 0.15) is 25.5 Å². The molecule has 0 radical (unpaired) electrons. The Balaban J connectivity index is 2.25. The number of furan rings is 1. The summed E-state index contributed by atoms with van der Waals surface area (Å²) in [7, 11) is 0. The van der Waals surface area contributed by atoms with Crippen molar-refractivity contribution in [3.05, 3.63) is 29.7 Å². The van der Waals surface area contributed by atoms with Crippen molar-refractivity contribution in [1.29, 1.82) is 0 Å². The number of nitrogens with zero attached hydrogens (tertiary/aromatic N) is 1. The van der Waals surface area contributed by atoms with Crippen molar-refractivity contribution in [2.75, 3.05) is 0 Å². The van der Waals surface area contributed by atoms with Gasteiger partial charge in [0.05, 0.1) is 12.0 Å². The molecule has 2 rings (SSSR count). The van der Waals surface area contributed by atoms with Crippen molar-refractivity contribution in [1.82, 2.24) is 4.98 Å². The zero-order valence-electron chi connectivity index (χ0n) is 8.81. The van der Waals surface area contributed by atoms with Gasteiger partial charge in [-0.3, -0.25) is 0 Å². The fraction of sp³-hybridized carbons (Fsp3) is 0.364. The molecule has 0 fully saturated rings. The van der Waals surface area contributed by atoms with Crippen LogP contribution >= 0.6 is 11.3 Å². The number of aromatic nitrogens is 1. The molecule has 2 unspecified atom stereocenters. The van der Waals surface area contributed by atoms with Crippen LogP contribution in [0, 0.1) is 0 Å². The molecule has 2 atom stereocenters. The summed E-state index contributed by atoms with van der Waals surface area (Å²) in [6, 6.07) is 2.04. The molecule has 2 aromatic rings. The molecule has 0 bridgehead atoms. The Morgan fingerprint density at radius 2 is 2.27 bits per heavy atom. The van der Waals surface area contributed by atoms with Crippen LogP contribution in [-0.4, -0.2) is 11.0 Å². The van der Waals surface area contributed by atoms with Gasteiger partial charge in [0, 0.05) is 22.9 Å². The number of hydrogen-bond acceptors (Lipinski definition) is 4. The van der Waals surface area contributed by atoms with Gasteiger partial charge in [-0.15, -0.1) is 11.3 Å². The van der Waals surface area contributed by atoms with Gasteiger partial charge in [0.1, 0.15) is 11.3 Å². The van der Waals surface area contributed by atoms with Crippen molar-refractivity contribution in [2.24, 2.45) is 5.73 Å². The Labute approximate surface area is 92.9 Å². The van der Waals surface area contributed by atoms with E-state index >= 15 is 0 Å². The molecule has 0 aliphatic rings. The molecule has 0 aromatic carbocycles. The average Bonchev–Trinajstić information content (AvgIpc) is 2.86. The smallest absolute Gasteiger partial charge is 0.126 e. The maximum absolute atomic E-state index is 5.84. The molecule has 0 amide bonds. The van der Waals surface area contributed by atoms with Crippen molar-refractivity contribution in [3.8, 4) is 10.6 Å². The average molecular weight is 222 g/mol. The van der Waals surface area contributed by atoms with E-state index in [1.165, 1.54) is 0 Å². The molecule has 2 heterocycles. The van der Waals surface area contributed by atoms with Crippen LogP contribution in [0.2, 0.25) is 0 Å². The third-order valence-corrected chi connectivity index (χ3v) is 3.45. The number of thiazole rings is 1. The Morgan fingerprint density at radius 1 is 1.47 bits per heavy atom. The largest absolute Gasteiger partial charge is 0.472 e. The van der Waals surface area contributed by atoms with E-state index in [0.29, 0.717) is 5.92 Å². The lowest BCUT2D eigenvalue weighted by atomic mass is 10.0. The molecule has 0 saturated heterocycles. The van der Waals surface area contributed by atoms with Crippen LogP contribution < -0.4 is 5.73 Å². The SMILES string of the molecule is CC(N)C(C)c1csc(-c2ccoc2)n1. The lowest BCUT2D eigenvalue weighted by Gasteiger charge is -2.11. The lowest BCUT2D eigenvalue weighted by Crippen LogP contribution is -2.22. The Morgan fingerprint density at radius 3 is 2.87 bits per heavy atom. The molecule has 15 heavy (non-hydrogen) atoms. The predicted octanol–water partition coefficient (Wildman–Crippen LogP) is 2.85. The van der Waals surface area contributed by atoms with Gasteiger partial charge >= 0.3 is 0 Å².